The second-order valence-corrected chi connectivity index (χ2v) is 8.86. The maximum absolute atomic E-state index is 5.37. The molecule has 4 aromatic carbocycles. The monoisotopic (exact) mass is 381 g/mol. The summed E-state index contributed by atoms with van der Waals surface area (Å²) in [4.78, 5) is 4.16. The highest BCUT2D eigenvalue weighted by molar-refractivity contribution is 7.97. The molecule has 0 saturated carbocycles. The average molecular weight is 382 g/mol. The van der Waals surface area contributed by atoms with Crippen molar-refractivity contribution in [3.8, 4) is 5.75 Å². The van der Waals surface area contributed by atoms with E-state index in [9.17, 15) is 0 Å². The van der Waals surface area contributed by atoms with Crippen molar-refractivity contribution in [1.82, 2.24) is 0 Å². The zero-order valence-electron chi connectivity index (χ0n) is 15.7. The van der Waals surface area contributed by atoms with E-state index in [4.69, 9.17) is 4.74 Å². The molecule has 136 valence electrons. The van der Waals surface area contributed by atoms with Crippen LogP contribution in [0.2, 0.25) is 0 Å². The van der Waals surface area contributed by atoms with Gasteiger partial charge in [-0.15, -0.1) is 0 Å². The van der Waals surface area contributed by atoms with Gasteiger partial charge in [0.15, 0.2) is 14.7 Å². The second-order valence-electron chi connectivity index (χ2n) is 6.90. The normalized spacial score (nSPS) is 17.5. The standard InChI is InChI=1S/C26H21OS/c1-27-20-15-17-21(18-16-20)28-24-13-7-5-11-22(24)26(19-9-3-2-4-10-19)23-12-6-8-14-25(23)28/h2-18,26H,1H3/q+1. The van der Waals surface area contributed by atoms with Crippen LogP contribution in [0.4, 0.5) is 0 Å². The van der Waals surface area contributed by atoms with Crippen molar-refractivity contribution in [2.24, 2.45) is 0 Å². The number of hydrogen-bond donors (Lipinski definition) is 0. The molecule has 0 aromatic heterocycles. The first-order valence-corrected chi connectivity index (χ1v) is 10.7. The van der Waals surface area contributed by atoms with Crippen LogP contribution in [0.5, 0.6) is 5.75 Å². The molecule has 0 bridgehead atoms. The summed E-state index contributed by atoms with van der Waals surface area (Å²) in [5, 5.41) is 0. The fraction of sp³-hybridized carbons (Fsp3) is 0.0769. The van der Waals surface area contributed by atoms with Gasteiger partial charge in [0.1, 0.15) is 5.75 Å². The quantitative estimate of drug-likeness (QED) is 0.334. The Morgan fingerprint density at radius 1 is 0.607 bits per heavy atom. The molecule has 0 unspecified atom stereocenters. The van der Waals surface area contributed by atoms with Crippen molar-refractivity contribution in [3.63, 3.8) is 0 Å². The number of ether oxygens (including phenoxy) is 1. The highest BCUT2D eigenvalue weighted by Gasteiger charge is 2.42. The summed E-state index contributed by atoms with van der Waals surface area (Å²) in [7, 11) is 1.60. The minimum atomic E-state index is -0.118. The van der Waals surface area contributed by atoms with E-state index in [1.165, 1.54) is 31.4 Å². The number of fused-ring (bicyclic) bond motifs is 2. The third-order valence-electron chi connectivity index (χ3n) is 5.33. The van der Waals surface area contributed by atoms with Crippen molar-refractivity contribution in [2.45, 2.75) is 20.6 Å². The molecular formula is C26H21OS+. The number of methoxy groups -OCH3 is 1. The minimum absolute atomic E-state index is 0.118. The summed E-state index contributed by atoms with van der Waals surface area (Å²) in [5.74, 6) is 1.17. The van der Waals surface area contributed by atoms with Gasteiger partial charge in [-0.2, -0.15) is 0 Å². The van der Waals surface area contributed by atoms with Crippen LogP contribution in [-0.4, -0.2) is 7.11 Å². The van der Waals surface area contributed by atoms with E-state index < -0.39 is 0 Å². The van der Waals surface area contributed by atoms with Crippen LogP contribution in [0.3, 0.4) is 0 Å². The van der Waals surface area contributed by atoms with Crippen LogP contribution in [-0.2, 0) is 10.9 Å². The van der Waals surface area contributed by atoms with Crippen LogP contribution in [0, 0.1) is 0 Å². The summed E-state index contributed by atoms with van der Waals surface area (Å²) >= 11 is 0. The van der Waals surface area contributed by atoms with Gasteiger partial charge in [0, 0.05) is 17.0 Å². The van der Waals surface area contributed by atoms with E-state index >= 15 is 0 Å². The van der Waals surface area contributed by atoms with Crippen LogP contribution >= 0.6 is 0 Å². The van der Waals surface area contributed by atoms with E-state index in [-0.39, 0.29) is 16.8 Å². The van der Waals surface area contributed by atoms with Crippen molar-refractivity contribution in [1.29, 1.82) is 0 Å². The van der Waals surface area contributed by atoms with Crippen LogP contribution in [0.1, 0.15) is 22.6 Å². The van der Waals surface area contributed by atoms with E-state index in [1.807, 2.05) is 0 Å². The molecule has 1 aliphatic heterocycles. The zero-order valence-corrected chi connectivity index (χ0v) is 16.5. The zero-order chi connectivity index (χ0) is 18.9. The van der Waals surface area contributed by atoms with E-state index in [0.717, 1.165) is 5.75 Å². The average Bonchev–Trinajstić information content (AvgIpc) is 2.78. The van der Waals surface area contributed by atoms with E-state index in [2.05, 4.69) is 103 Å². The largest absolute Gasteiger partial charge is 0.497 e. The van der Waals surface area contributed by atoms with Crippen molar-refractivity contribution in [3.05, 3.63) is 120 Å². The van der Waals surface area contributed by atoms with Crippen LogP contribution < -0.4 is 4.74 Å². The first-order chi connectivity index (χ1) is 13.9. The summed E-state index contributed by atoms with van der Waals surface area (Å²) in [6.45, 7) is 0. The molecule has 5 rings (SSSR count). The fourth-order valence-electron chi connectivity index (χ4n) is 4.07. The highest BCUT2D eigenvalue weighted by Crippen LogP contribution is 2.48. The predicted molar refractivity (Wildman–Crippen MR) is 115 cm³/mol. The van der Waals surface area contributed by atoms with Gasteiger partial charge >= 0.3 is 0 Å². The summed E-state index contributed by atoms with van der Waals surface area (Å²) in [5.41, 5.74) is 4.17. The fourth-order valence-corrected chi connectivity index (χ4v) is 6.49. The Balaban J connectivity index is 1.75. The lowest BCUT2D eigenvalue weighted by molar-refractivity contribution is 0.414. The molecule has 1 heterocycles. The van der Waals surface area contributed by atoms with Gasteiger partial charge in [-0.05, 0) is 42.0 Å². The minimum Gasteiger partial charge on any atom is -0.497 e. The molecule has 1 nitrogen and oxygen atoms in total. The van der Waals surface area contributed by atoms with Gasteiger partial charge in [-0.1, -0.05) is 66.7 Å². The molecule has 0 atom stereocenters. The Morgan fingerprint density at radius 3 is 1.71 bits per heavy atom. The van der Waals surface area contributed by atoms with Gasteiger partial charge in [-0.3, -0.25) is 0 Å². The predicted octanol–water partition coefficient (Wildman–Crippen LogP) is 6.28. The molecule has 0 amide bonds. The summed E-state index contributed by atoms with van der Waals surface area (Å²) in [6, 6.07) is 37.3. The Hall–Kier alpha value is -2.97. The molecule has 28 heavy (non-hydrogen) atoms. The topological polar surface area (TPSA) is 9.23 Å². The van der Waals surface area contributed by atoms with E-state index in [0.29, 0.717) is 0 Å². The lowest BCUT2D eigenvalue weighted by Gasteiger charge is -2.27. The highest BCUT2D eigenvalue weighted by atomic mass is 32.2. The Kier molecular flexibility index (Phi) is 4.42. The molecule has 0 aliphatic carbocycles. The van der Waals surface area contributed by atoms with Gasteiger partial charge < -0.3 is 4.74 Å². The molecule has 0 radical (unpaired) electrons. The molecule has 2 heteroatoms. The molecule has 4 aromatic rings. The van der Waals surface area contributed by atoms with Gasteiger partial charge in [0.05, 0.1) is 18.0 Å². The van der Waals surface area contributed by atoms with Crippen molar-refractivity contribution < 1.29 is 4.74 Å². The third-order valence-corrected chi connectivity index (χ3v) is 7.69. The summed E-state index contributed by atoms with van der Waals surface area (Å²) in [6.07, 6.45) is 0. The number of hydrogen-bond acceptors (Lipinski definition) is 1. The summed E-state index contributed by atoms with van der Waals surface area (Å²) < 4.78 is 5.37. The molecule has 0 saturated heterocycles. The first kappa shape index (κ1) is 17.2. The van der Waals surface area contributed by atoms with Gasteiger partial charge in [-0.25, -0.2) is 0 Å². The Labute approximate surface area is 169 Å². The lowest BCUT2D eigenvalue weighted by Crippen LogP contribution is -2.20. The van der Waals surface area contributed by atoms with Crippen molar-refractivity contribution >= 4 is 10.9 Å². The van der Waals surface area contributed by atoms with Gasteiger partial charge in [0.2, 0.25) is 0 Å². The maximum Gasteiger partial charge on any atom is 0.170 e. The lowest BCUT2D eigenvalue weighted by atomic mass is 9.85. The molecular weight excluding hydrogens is 360 g/mol. The van der Waals surface area contributed by atoms with Crippen LogP contribution in [0.15, 0.2) is 118 Å². The third kappa shape index (κ3) is 2.81. The molecule has 0 N–H and O–H groups in total. The Bertz CT molecular complexity index is 1060. The maximum atomic E-state index is 5.37. The van der Waals surface area contributed by atoms with Crippen molar-refractivity contribution in [2.75, 3.05) is 7.11 Å². The number of benzene rings is 4. The van der Waals surface area contributed by atoms with E-state index in [1.54, 1.807) is 7.11 Å². The Morgan fingerprint density at radius 2 is 1.14 bits per heavy atom. The van der Waals surface area contributed by atoms with Gasteiger partial charge in [0.25, 0.3) is 0 Å². The smallest absolute Gasteiger partial charge is 0.170 e. The number of rotatable bonds is 3. The molecule has 1 aliphatic rings. The second kappa shape index (κ2) is 7.21. The first-order valence-electron chi connectivity index (χ1n) is 9.48. The molecule has 0 fully saturated rings. The SMILES string of the molecule is COc1ccc([S+]2c3ccccc3C(c3ccccc3)c3ccccc32)cc1. The van der Waals surface area contributed by atoms with Crippen LogP contribution in [0.25, 0.3) is 0 Å². The molecule has 0 spiro atoms.